The molecule has 0 rings (SSSR count). The van der Waals surface area contributed by atoms with Crippen LogP contribution in [0.25, 0.3) is 0 Å². The number of hydrogen-bond acceptors (Lipinski definition) is 2. The van der Waals surface area contributed by atoms with Gasteiger partial charge in [-0.05, 0) is 0 Å². The first-order chi connectivity index (χ1) is 2.00. The second kappa shape index (κ2) is 19.5. The van der Waals surface area contributed by atoms with Crippen molar-refractivity contribution in [3.63, 3.8) is 0 Å². The molecule has 0 radical (unpaired) electrons. The smallest absolute Gasteiger partial charge is 1.00 e. The van der Waals surface area contributed by atoms with E-state index in [1.54, 1.807) is 0 Å². The standard InChI is InChI=1S/FH.3K.H3N.H3O4P.3H/c;;;;;1-5(2,3)4;;;/h1H;;;;1H3;(H3,1,2,3,4);;;/q;3*+1;;;3*-1. The van der Waals surface area contributed by atoms with Gasteiger partial charge in [-0.2, -0.15) is 0 Å². The van der Waals surface area contributed by atoms with Crippen molar-refractivity contribution in [2.45, 2.75) is 0 Å². The van der Waals surface area contributed by atoms with Crippen molar-refractivity contribution < 1.29 is 182 Å². The van der Waals surface area contributed by atoms with Crippen LogP contribution in [0.5, 0.6) is 0 Å². The summed E-state index contributed by atoms with van der Waals surface area (Å²) in [7, 11) is -4.64. The third-order valence-electron chi connectivity index (χ3n) is 0. The molecular weight excluding hydrogens is 245 g/mol. The zero-order valence-electron chi connectivity index (χ0n) is 9.31. The van der Waals surface area contributed by atoms with Crippen LogP contribution in [0.4, 0.5) is 4.70 Å². The second-order valence-corrected chi connectivity index (χ2v) is 1.54. The van der Waals surface area contributed by atoms with E-state index >= 15 is 0 Å². The Kier molecular flexibility index (Phi) is 70.8. The van der Waals surface area contributed by atoms with Crippen molar-refractivity contribution in [3.05, 3.63) is 0 Å². The number of rotatable bonds is 0. The van der Waals surface area contributed by atoms with Crippen molar-refractivity contribution in [1.82, 2.24) is 6.15 Å². The predicted octanol–water partition coefficient (Wildman–Crippen LogP) is -9.26. The van der Waals surface area contributed by atoms with Crippen LogP contribution in [0.3, 0.4) is 0 Å². The summed E-state index contributed by atoms with van der Waals surface area (Å²) >= 11 is 0. The van der Waals surface area contributed by atoms with Crippen molar-refractivity contribution in [3.8, 4) is 0 Å². The van der Waals surface area contributed by atoms with Gasteiger partial charge in [-0.3, -0.25) is 4.70 Å². The number of phosphoric acid groups is 1. The molecular formula is H10FK3NO4P. The van der Waals surface area contributed by atoms with Crippen LogP contribution in [0.2, 0.25) is 0 Å². The Morgan fingerprint density at radius 1 is 1.00 bits per heavy atom. The summed E-state index contributed by atoms with van der Waals surface area (Å²) in [6.07, 6.45) is 0. The number of halogens is 1. The van der Waals surface area contributed by atoms with E-state index in [0.717, 1.165) is 0 Å². The van der Waals surface area contributed by atoms with Crippen LogP contribution in [-0.4, -0.2) is 14.7 Å². The van der Waals surface area contributed by atoms with Crippen LogP contribution in [-0.2, 0) is 4.57 Å². The molecule has 0 unspecified atom stereocenters. The molecule has 54 valence electrons. The first kappa shape index (κ1) is 36.3. The summed E-state index contributed by atoms with van der Waals surface area (Å²) in [6.45, 7) is 0. The van der Waals surface area contributed by atoms with E-state index in [1.165, 1.54) is 0 Å². The zero-order chi connectivity index (χ0) is 4.50. The van der Waals surface area contributed by atoms with Gasteiger partial charge in [-0.1, -0.05) is 0 Å². The van der Waals surface area contributed by atoms with Gasteiger partial charge in [-0.25, -0.2) is 4.57 Å². The molecule has 0 aromatic heterocycles. The van der Waals surface area contributed by atoms with E-state index in [2.05, 4.69) is 0 Å². The van der Waals surface area contributed by atoms with E-state index in [1.807, 2.05) is 0 Å². The Bertz CT molecular complexity index is 76.8. The molecule has 0 aliphatic rings. The summed E-state index contributed by atoms with van der Waals surface area (Å²) in [4.78, 5) is 21.6. The maximum atomic E-state index is 8.88. The molecule has 10 heteroatoms. The molecule has 0 spiro atoms. The Hall–Kier alpha value is 4.91. The van der Waals surface area contributed by atoms with Crippen LogP contribution >= 0.6 is 7.82 Å². The van der Waals surface area contributed by atoms with Crippen LogP contribution < -0.4 is 160 Å². The molecule has 0 heterocycles. The molecule has 0 bridgehead atoms. The van der Waals surface area contributed by atoms with Gasteiger partial charge in [0.1, 0.15) is 0 Å². The van der Waals surface area contributed by atoms with Gasteiger partial charge in [0, 0.05) is 0 Å². The van der Waals surface area contributed by atoms with E-state index in [9.17, 15) is 0 Å². The number of hydrogen-bond donors (Lipinski definition) is 4. The Balaban J connectivity index is -0.00000000286. The van der Waals surface area contributed by atoms with Crippen LogP contribution in [0, 0.1) is 0 Å². The van der Waals surface area contributed by atoms with E-state index < -0.39 is 7.82 Å². The normalized spacial score (nSPS) is 5.90. The molecule has 0 amide bonds. The fourth-order valence-corrected chi connectivity index (χ4v) is 0. The summed E-state index contributed by atoms with van der Waals surface area (Å²) in [5.41, 5.74) is 0. The average Bonchev–Trinajstić information content (AvgIpc) is 0.722. The zero-order valence-corrected chi connectivity index (χ0v) is 16.6. The minimum Gasteiger partial charge on any atom is -1.00 e. The van der Waals surface area contributed by atoms with Gasteiger partial charge in [0.25, 0.3) is 0 Å². The van der Waals surface area contributed by atoms with Crippen LogP contribution in [0.1, 0.15) is 4.28 Å². The fraction of sp³-hybridized carbons (Fsp3) is 0. The topological polar surface area (TPSA) is 113 Å². The molecule has 0 atom stereocenters. The maximum absolute atomic E-state index is 8.88. The maximum Gasteiger partial charge on any atom is 1.00 e. The Morgan fingerprint density at radius 2 is 1.00 bits per heavy atom. The SMILES string of the molecule is F.N.O=P(O)(O)O.[H-].[H-].[H-].[K+].[K+].[K+]. The van der Waals surface area contributed by atoms with Crippen molar-refractivity contribution in [1.29, 1.82) is 0 Å². The predicted molar refractivity (Wildman–Crippen MR) is 25.1 cm³/mol. The summed E-state index contributed by atoms with van der Waals surface area (Å²) in [6, 6.07) is 0. The molecule has 0 aliphatic heterocycles. The molecule has 0 aromatic rings. The monoisotopic (exact) mass is 255 g/mol. The first-order valence-corrected chi connectivity index (χ1v) is 2.35. The molecule has 0 saturated heterocycles. The molecule has 10 heavy (non-hydrogen) atoms. The third kappa shape index (κ3) is 76.0. The molecule has 0 fully saturated rings. The van der Waals surface area contributed by atoms with E-state index in [0.29, 0.717) is 0 Å². The third-order valence-corrected chi connectivity index (χ3v) is 0. The molecule has 5 nitrogen and oxygen atoms in total. The van der Waals surface area contributed by atoms with Gasteiger partial charge < -0.3 is 25.1 Å². The van der Waals surface area contributed by atoms with E-state index in [4.69, 9.17) is 19.2 Å². The average molecular weight is 255 g/mol. The minimum absolute atomic E-state index is 0. The van der Waals surface area contributed by atoms with Crippen molar-refractivity contribution in [2.75, 3.05) is 0 Å². The Labute approximate surface area is 190 Å². The molecule has 0 aromatic carbocycles. The molecule has 6 N–H and O–H groups in total. The van der Waals surface area contributed by atoms with Gasteiger partial charge in [-0.15, -0.1) is 0 Å². The quantitative estimate of drug-likeness (QED) is 0.254. The van der Waals surface area contributed by atoms with Crippen molar-refractivity contribution in [2.24, 2.45) is 0 Å². The van der Waals surface area contributed by atoms with E-state index in [-0.39, 0.29) is 169 Å². The minimum atomic E-state index is -4.64. The van der Waals surface area contributed by atoms with Gasteiger partial charge >= 0.3 is 162 Å². The van der Waals surface area contributed by atoms with Gasteiger partial charge in [0.05, 0.1) is 0 Å². The first-order valence-electron chi connectivity index (χ1n) is 0.783. The summed E-state index contributed by atoms with van der Waals surface area (Å²) in [5, 5.41) is 0. The van der Waals surface area contributed by atoms with Gasteiger partial charge in [0.15, 0.2) is 0 Å². The van der Waals surface area contributed by atoms with Crippen molar-refractivity contribution >= 4 is 7.82 Å². The van der Waals surface area contributed by atoms with Gasteiger partial charge in [0.2, 0.25) is 0 Å². The largest absolute Gasteiger partial charge is 1.00 e. The van der Waals surface area contributed by atoms with Crippen LogP contribution in [0.15, 0.2) is 0 Å². The second-order valence-electron chi connectivity index (χ2n) is 0.513. The molecule has 0 saturated carbocycles. The summed E-state index contributed by atoms with van der Waals surface area (Å²) < 4.78 is 8.88. The molecule has 0 aliphatic carbocycles. The fourth-order valence-electron chi connectivity index (χ4n) is 0. The summed E-state index contributed by atoms with van der Waals surface area (Å²) in [5.74, 6) is 0. The Morgan fingerprint density at radius 3 is 1.00 bits per heavy atom.